The summed E-state index contributed by atoms with van der Waals surface area (Å²) < 4.78 is 38.8. The average Bonchev–Trinajstić information content (AvgIpc) is 2.73. The highest BCUT2D eigenvalue weighted by Gasteiger charge is 2.32. The molecule has 3 amide bonds. The number of carbonyl (C=O) groups excluding carboxylic acids is 2. The summed E-state index contributed by atoms with van der Waals surface area (Å²) in [5.41, 5.74) is -0.144. The number of likely N-dealkylation sites (tertiary alicyclic amines) is 1. The minimum atomic E-state index is -4.37. The fraction of sp³-hybridized carbons (Fsp3) is 0.619. The first-order chi connectivity index (χ1) is 14.1. The number of alkyl halides is 3. The molecule has 0 aliphatic carbocycles. The Balaban J connectivity index is 1.47. The SMILES string of the molecule is CC(C)C(=O)N1CCC(NC(=O)N2CCN(c3cccc(C(F)(F)F)c3)CC2)CC1. The van der Waals surface area contributed by atoms with Crippen molar-refractivity contribution in [1.29, 1.82) is 0 Å². The number of carbonyl (C=O) groups is 2. The van der Waals surface area contributed by atoms with Crippen LogP contribution in [-0.4, -0.2) is 67.0 Å². The molecule has 1 aromatic carbocycles. The van der Waals surface area contributed by atoms with Crippen LogP contribution in [0.5, 0.6) is 0 Å². The molecule has 0 spiro atoms. The molecule has 0 atom stereocenters. The monoisotopic (exact) mass is 426 g/mol. The fourth-order valence-electron chi connectivity index (χ4n) is 3.92. The van der Waals surface area contributed by atoms with Crippen molar-refractivity contribution in [2.24, 2.45) is 5.92 Å². The highest BCUT2D eigenvalue weighted by atomic mass is 19.4. The molecule has 2 saturated heterocycles. The van der Waals surface area contributed by atoms with Gasteiger partial charge in [0.1, 0.15) is 0 Å². The number of rotatable bonds is 3. The third kappa shape index (κ3) is 5.37. The second-order valence-electron chi connectivity index (χ2n) is 8.23. The van der Waals surface area contributed by atoms with Crippen LogP contribution < -0.4 is 10.2 Å². The van der Waals surface area contributed by atoms with E-state index in [9.17, 15) is 22.8 Å². The number of amides is 3. The number of hydrogen-bond donors (Lipinski definition) is 1. The molecule has 2 heterocycles. The van der Waals surface area contributed by atoms with E-state index in [-0.39, 0.29) is 23.9 Å². The predicted molar refractivity (Wildman–Crippen MR) is 108 cm³/mol. The van der Waals surface area contributed by atoms with Gasteiger partial charge < -0.3 is 20.0 Å². The van der Waals surface area contributed by atoms with Crippen molar-refractivity contribution in [3.63, 3.8) is 0 Å². The van der Waals surface area contributed by atoms with Gasteiger partial charge >= 0.3 is 12.2 Å². The van der Waals surface area contributed by atoms with Gasteiger partial charge in [-0.05, 0) is 31.0 Å². The van der Waals surface area contributed by atoms with Gasteiger partial charge in [0.15, 0.2) is 0 Å². The molecule has 0 radical (unpaired) electrons. The Hall–Kier alpha value is -2.45. The number of anilines is 1. The molecule has 1 N–H and O–H groups in total. The molecule has 2 fully saturated rings. The molecule has 2 aliphatic rings. The maximum Gasteiger partial charge on any atom is 0.416 e. The molecule has 6 nitrogen and oxygen atoms in total. The summed E-state index contributed by atoms with van der Waals surface area (Å²) in [7, 11) is 0. The van der Waals surface area contributed by atoms with Gasteiger partial charge in [0.05, 0.1) is 5.56 Å². The minimum Gasteiger partial charge on any atom is -0.368 e. The average molecular weight is 426 g/mol. The number of piperazine rings is 1. The van der Waals surface area contributed by atoms with Crippen molar-refractivity contribution in [3.8, 4) is 0 Å². The first kappa shape index (κ1) is 22.2. The van der Waals surface area contributed by atoms with Gasteiger partial charge in [0, 0.05) is 56.9 Å². The lowest BCUT2D eigenvalue weighted by Crippen LogP contribution is -2.55. The molecule has 0 aromatic heterocycles. The summed E-state index contributed by atoms with van der Waals surface area (Å²) in [6, 6.07) is 5.18. The van der Waals surface area contributed by atoms with Gasteiger partial charge in [-0.15, -0.1) is 0 Å². The highest BCUT2D eigenvalue weighted by Crippen LogP contribution is 2.31. The zero-order chi connectivity index (χ0) is 21.9. The third-order valence-corrected chi connectivity index (χ3v) is 5.73. The second kappa shape index (κ2) is 9.14. The number of nitrogens with one attached hydrogen (secondary N) is 1. The predicted octanol–water partition coefficient (Wildman–Crippen LogP) is 3.18. The van der Waals surface area contributed by atoms with Crippen LogP contribution in [-0.2, 0) is 11.0 Å². The summed E-state index contributed by atoms with van der Waals surface area (Å²) in [6.45, 7) is 6.92. The van der Waals surface area contributed by atoms with E-state index in [4.69, 9.17) is 0 Å². The normalized spacial score (nSPS) is 18.7. The van der Waals surface area contributed by atoms with Gasteiger partial charge in [-0.25, -0.2) is 4.79 Å². The molecule has 9 heteroatoms. The van der Waals surface area contributed by atoms with E-state index in [1.54, 1.807) is 11.0 Å². The Morgan fingerprint density at radius 3 is 2.20 bits per heavy atom. The van der Waals surface area contributed by atoms with Gasteiger partial charge in [0.25, 0.3) is 0 Å². The van der Waals surface area contributed by atoms with Crippen molar-refractivity contribution in [2.75, 3.05) is 44.2 Å². The van der Waals surface area contributed by atoms with E-state index < -0.39 is 11.7 Å². The number of urea groups is 1. The number of nitrogens with zero attached hydrogens (tertiary/aromatic N) is 3. The molecule has 2 aliphatic heterocycles. The minimum absolute atomic E-state index is 0.0238. The first-order valence-electron chi connectivity index (χ1n) is 10.4. The van der Waals surface area contributed by atoms with Gasteiger partial charge in [-0.1, -0.05) is 19.9 Å². The Labute approximate surface area is 175 Å². The molecular formula is C21H29F3N4O2. The summed E-state index contributed by atoms with van der Waals surface area (Å²) in [5, 5.41) is 3.04. The maximum absolute atomic E-state index is 12.9. The fourth-order valence-corrected chi connectivity index (χ4v) is 3.92. The largest absolute Gasteiger partial charge is 0.416 e. The van der Waals surface area contributed by atoms with E-state index in [1.807, 2.05) is 23.6 Å². The molecular weight excluding hydrogens is 397 g/mol. The molecule has 3 rings (SSSR count). The highest BCUT2D eigenvalue weighted by molar-refractivity contribution is 5.78. The standard InChI is InChI=1S/C21H29F3N4O2/c1-15(2)19(29)27-8-6-17(7-9-27)25-20(30)28-12-10-26(11-13-28)18-5-3-4-16(14-18)21(22,23)24/h3-5,14-15,17H,6-13H2,1-2H3,(H,25,30). The number of benzene rings is 1. The third-order valence-electron chi connectivity index (χ3n) is 5.73. The zero-order valence-electron chi connectivity index (χ0n) is 17.4. The van der Waals surface area contributed by atoms with Crippen molar-refractivity contribution in [2.45, 2.75) is 38.9 Å². The molecule has 0 saturated carbocycles. The topological polar surface area (TPSA) is 55.9 Å². The molecule has 0 bridgehead atoms. The second-order valence-corrected chi connectivity index (χ2v) is 8.23. The lowest BCUT2D eigenvalue weighted by Gasteiger charge is -2.38. The van der Waals surface area contributed by atoms with Gasteiger partial charge in [0.2, 0.25) is 5.91 Å². The van der Waals surface area contributed by atoms with Crippen LogP contribution in [0.2, 0.25) is 0 Å². The maximum atomic E-state index is 12.9. The van der Waals surface area contributed by atoms with E-state index >= 15 is 0 Å². The lowest BCUT2D eigenvalue weighted by atomic mass is 10.0. The summed E-state index contributed by atoms with van der Waals surface area (Å²) in [6.07, 6.45) is -2.91. The van der Waals surface area contributed by atoms with E-state index in [2.05, 4.69) is 5.32 Å². The molecule has 0 unspecified atom stereocenters. The van der Waals surface area contributed by atoms with Crippen LogP contribution >= 0.6 is 0 Å². The number of hydrogen-bond acceptors (Lipinski definition) is 3. The summed E-state index contributed by atoms with van der Waals surface area (Å²) in [5.74, 6) is 0.120. The van der Waals surface area contributed by atoms with E-state index in [0.29, 0.717) is 45.0 Å². The van der Waals surface area contributed by atoms with Crippen molar-refractivity contribution >= 4 is 17.6 Å². The van der Waals surface area contributed by atoms with Crippen molar-refractivity contribution < 1.29 is 22.8 Å². The quantitative estimate of drug-likeness (QED) is 0.808. The number of piperidine rings is 1. The van der Waals surface area contributed by atoms with Gasteiger partial charge in [-0.3, -0.25) is 4.79 Å². The molecule has 30 heavy (non-hydrogen) atoms. The van der Waals surface area contributed by atoms with Crippen LogP contribution in [0.3, 0.4) is 0 Å². The van der Waals surface area contributed by atoms with E-state index in [0.717, 1.165) is 25.0 Å². The van der Waals surface area contributed by atoms with Crippen molar-refractivity contribution in [1.82, 2.24) is 15.1 Å². The van der Waals surface area contributed by atoms with Gasteiger partial charge in [-0.2, -0.15) is 13.2 Å². The summed E-state index contributed by atoms with van der Waals surface area (Å²) in [4.78, 5) is 30.1. The lowest BCUT2D eigenvalue weighted by molar-refractivity contribution is -0.137. The Bertz CT molecular complexity index is 753. The van der Waals surface area contributed by atoms with Crippen LogP contribution in [0.15, 0.2) is 24.3 Å². The number of halogens is 3. The smallest absolute Gasteiger partial charge is 0.368 e. The summed E-state index contributed by atoms with van der Waals surface area (Å²) >= 11 is 0. The Morgan fingerprint density at radius 2 is 1.63 bits per heavy atom. The van der Waals surface area contributed by atoms with E-state index in [1.165, 1.54) is 6.07 Å². The van der Waals surface area contributed by atoms with Crippen LogP contribution in [0, 0.1) is 5.92 Å². The van der Waals surface area contributed by atoms with Crippen molar-refractivity contribution in [3.05, 3.63) is 29.8 Å². The molecule has 1 aromatic rings. The molecule has 166 valence electrons. The first-order valence-corrected chi connectivity index (χ1v) is 10.4. The zero-order valence-corrected chi connectivity index (χ0v) is 17.4. The Morgan fingerprint density at radius 1 is 1.00 bits per heavy atom. The Kier molecular flexibility index (Phi) is 6.77. The van der Waals surface area contributed by atoms with Crippen LogP contribution in [0.1, 0.15) is 32.3 Å². The van der Waals surface area contributed by atoms with Crippen LogP contribution in [0.4, 0.5) is 23.7 Å². The van der Waals surface area contributed by atoms with Crippen LogP contribution in [0.25, 0.3) is 0 Å².